The summed E-state index contributed by atoms with van der Waals surface area (Å²) in [4.78, 5) is 17.1. The Morgan fingerprint density at radius 3 is 2.19 bits per heavy atom. The molecule has 0 aromatic heterocycles. The second-order valence-electron chi connectivity index (χ2n) is 6.66. The number of nitrogens with zero attached hydrogens (tertiary/aromatic N) is 2. The van der Waals surface area contributed by atoms with Crippen molar-refractivity contribution in [2.24, 2.45) is 0 Å². The number of carbonyl (C=O) groups excluding carboxylic acids is 1. The van der Waals surface area contributed by atoms with Crippen LogP contribution in [0.2, 0.25) is 0 Å². The van der Waals surface area contributed by atoms with E-state index in [9.17, 15) is 4.79 Å². The lowest BCUT2D eigenvalue weighted by molar-refractivity contribution is -0.139. The van der Waals surface area contributed by atoms with Crippen LogP contribution in [0.5, 0.6) is 5.75 Å². The molecular formula is C22H28N2O2. The molecule has 0 radical (unpaired) electrons. The molecule has 1 atom stereocenters. The minimum atomic E-state index is -0.411. The van der Waals surface area contributed by atoms with Crippen molar-refractivity contribution in [2.45, 2.75) is 32.8 Å². The summed E-state index contributed by atoms with van der Waals surface area (Å²) in [6.07, 6.45) is 1.26. The topological polar surface area (TPSA) is 32.8 Å². The van der Waals surface area contributed by atoms with Gasteiger partial charge in [-0.1, -0.05) is 44.2 Å². The van der Waals surface area contributed by atoms with Crippen molar-refractivity contribution in [1.29, 1.82) is 0 Å². The fourth-order valence-electron chi connectivity index (χ4n) is 3.30. The zero-order valence-corrected chi connectivity index (χ0v) is 15.7. The Labute approximate surface area is 156 Å². The summed E-state index contributed by atoms with van der Waals surface area (Å²) in [5.74, 6) is 0.866. The Kier molecular flexibility index (Phi) is 6.16. The lowest BCUT2D eigenvalue weighted by Gasteiger charge is -2.37. The second-order valence-corrected chi connectivity index (χ2v) is 6.66. The second kappa shape index (κ2) is 8.75. The molecule has 3 rings (SSSR count). The normalized spacial score (nSPS) is 15.6. The van der Waals surface area contributed by atoms with Gasteiger partial charge in [0.25, 0.3) is 5.91 Å². The number of benzene rings is 2. The molecule has 0 aliphatic carbocycles. The number of piperazine rings is 1. The Morgan fingerprint density at radius 1 is 0.962 bits per heavy atom. The van der Waals surface area contributed by atoms with Gasteiger partial charge in [0, 0.05) is 31.9 Å². The van der Waals surface area contributed by atoms with E-state index in [2.05, 4.69) is 48.2 Å². The number of hydrogen-bond donors (Lipinski definition) is 0. The first-order valence-electron chi connectivity index (χ1n) is 9.55. The van der Waals surface area contributed by atoms with Crippen molar-refractivity contribution in [2.75, 3.05) is 31.1 Å². The molecule has 1 heterocycles. The highest BCUT2D eigenvalue weighted by atomic mass is 16.5. The van der Waals surface area contributed by atoms with Gasteiger partial charge in [-0.2, -0.15) is 0 Å². The monoisotopic (exact) mass is 352 g/mol. The van der Waals surface area contributed by atoms with Crippen LogP contribution in [-0.2, 0) is 11.2 Å². The highest BCUT2D eigenvalue weighted by molar-refractivity contribution is 5.81. The average Bonchev–Trinajstić information content (AvgIpc) is 2.72. The molecular weight excluding hydrogens is 324 g/mol. The number of carbonyl (C=O) groups is 1. The predicted octanol–water partition coefficient (Wildman–Crippen LogP) is 3.76. The van der Waals surface area contributed by atoms with Crippen LogP contribution in [0, 0.1) is 0 Å². The summed E-state index contributed by atoms with van der Waals surface area (Å²) < 4.78 is 5.98. The summed E-state index contributed by atoms with van der Waals surface area (Å²) >= 11 is 0. The van der Waals surface area contributed by atoms with E-state index in [-0.39, 0.29) is 5.91 Å². The van der Waals surface area contributed by atoms with Gasteiger partial charge < -0.3 is 14.5 Å². The van der Waals surface area contributed by atoms with Crippen molar-refractivity contribution in [3.8, 4) is 5.75 Å². The lowest BCUT2D eigenvalue weighted by Crippen LogP contribution is -2.52. The molecule has 1 amide bonds. The third kappa shape index (κ3) is 4.37. The summed E-state index contributed by atoms with van der Waals surface area (Å²) in [5, 5.41) is 0. The highest BCUT2D eigenvalue weighted by Crippen LogP contribution is 2.19. The molecule has 26 heavy (non-hydrogen) atoms. The Balaban J connectivity index is 1.57. The fraction of sp³-hybridized carbons (Fsp3) is 0.409. The molecule has 0 spiro atoms. The van der Waals surface area contributed by atoms with Gasteiger partial charge in [0.05, 0.1) is 0 Å². The minimum absolute atomic E-state index is 0.0970. The third-order valence-electron chi connectivity index (χ3n) is 4.97. The van der Waals surface area contributed by atoms with Crippen molar-refractivity contribution >= 4 is 11.6 Å². The first-order chi connectivity index (χ1) is 12.7. The summed E-state index contributed by atoms with van der Waals surface area (Å²) in [5.41, 5.74) is 2.49. The molecule has 0 N–H and O–H groups in total. The van der Waals surface area contributed by atoms with Crippen LogP contribution in [-0.4, -0.2) is 43.1 Å². The SMILES string of the molecule is CCc1ccc(O[C@H](CC)C(=O)N2CCN(c3ccccc3)CC2)cc1. The molecule has 4 nitrogen and oxygen atoms in total. The molecule has 1 aliphatic rings. The molecule has 0 saturated carbocycles. The van der Waals surface area contributed by atoms with Gasteiger partial charge in [-0.15, -0.1) is 0 Å². The maximum absolute atomic E-state index is 12.9. The van der Waals surface area contributed by atoms with Gasteiger partial charge in [0.1, 0.15) is 5.75 Å². The standard InChI is InChI=1S/C22H28N2O2/c1-3-18-10-12-20(13-11-18)26-21(4-2)22(25)24-16-14-23(15-17-24)19-8-6-5-7-9-19/h5-13,21H,3-4,14-17H2,1-2H3/t21-/m1/s1. The molecule has 4 heteroatoms. The number of para-hydroxylation sites is 1. The average molecular weight is 352 g/mol. The Morgan fingerprint density at radius 2 is 1.62 bits per heavy atom. The smallest absolute Gasteiger partial charge is 0.263 e. The zero-order valence-electron chi connectivity index (χ0n) is 15.7. The number of aryl methyl sites for hydroxylation is 1. The maximum Gasteiger partial charge on any atom is 0.263 e. The van der Waals surface area contributed by atoms with E-state index in [0.29, 0.717) is 6.42 Å². The summed E-state index contributed by atoms with van der Waals surface area (Å²) in [6, 6.07) is 18.4. The van der Waals surface area contributed by atoms with E-state index >= 15 is 0 Å². The number of anilines is 1. The number of rotatable bonds is 6. The molecule has 2 aromatic rings. The Bertz CT molecular complexity index is 692. The summed E-state index contributed by atoms with van der Waals surface area (Å²) in [6.45, 7) is 7.33. The van der Waals surface area contributed by atoms with Crippen LogP contribution in [0.15, 0.2) is 54.6 Å². The van der Waals surface area contributed by atoms with Gasteiger partial charge in [0.2, 0.25) is 0 Å². The van der Waals surface area contributed by atoms with E-state index in [1.54, 1.807) is 0 Å². The first kappa shape index (κ1) is 18.3. The zero-order chi connectivity index (χ0) is 18.4. The van der Waals surface area contributed by atoms with Crippen LogP contribution in [0.25, 0.3) is 0 Å². The minimum Gasteiger partial charge on any atom is -0.481 e. The van der Waals surface area contributed by atoms with Gasteiger partial charge >= 0.3 is 0 Å². The first-order valence-corrected chi connectivity index (χ1v) is 9.55. The lowest BCUT2D eigenvalue weighted by atomic mass is 10.1. The number of ether oxygens (including phenoxy) is 1. The number of amides is 1. The van der Waals surface area contributed by atoms with Gasteiger partial charge in [0.15, 0.2) is 6.10 Å². The van der Waals surface area contributed by atoms with Gasteiger partial charge in [-0.25, -0.2) is 0 Å². The van der Waals surface area contributed by atoms with Gasteiger partial charge in [-0.3, -0.25) is 4.79 Å². The van der Waals surface area contributed by atoms with Crippen molar-refractivity contribution in [1.82, 2.24) is 4.90 Å². The third-order valence-corrected chi connectivity index (χ3v) is 4.97. The highest BCUT2D eigenvalue weighted by Gasteiger charge is 2.27. The Hall–Kier alpha value is -2.49. The number of hydrogen-bond acceptors (Lipinski definition) is 3. The predicted molar refractivity (Wildman–Crippen MR) is 106 cm³/mol. The molecule has 0 bridgehead atoms. The maximum atomic E-state index is 12.9. The van der Waals surface area contributed by atoms with E-state index in [4.69, 9.17) is 4.74 Å². The van der Waals surface area contributed by atoms with Crippen LogP contribution < -0.4 is 9.64 Å². The van der Waals surface area contributed by atoms with Crippen molar-refractivity contribution < 1.29 is 9.53 Å². The largest absolute Gasteiger partial charge is 0.481 e. The van der Waals surface area contributed by atoms with E-state index in [1.165, 1.54) is 11.3 Å². The van der Waals surface area contributed by atoms with Crippen LogP contribution >= 0.6 is 0 Å². The quantitative estimate of drug-likeness (QED) is 0.794. The van der Waals surface area contributed by atoms with Crippen molar-refractivity contribution in [3.63, 3.8) is 0 Å². The van der Waals surface area contributed by atoms with Crippen molar-refractivity contribution in [3.05, 3.63) is 60.2 Å². The molecule has 1 fully saturated rings. The summed E-state index contributed by atoms with van der Waals surface area (Å²) in [7, 11) is 0. The fourth-order valence-corrected chi connectivity index (χ4v) is 3.30. The van der Waals surface area contributed by atoms with Crippen LogP contribution in [0.4, 0.5) is 5.69 Å². The van der Waals surface area contributed by atoms with E-state index in [1.807, 2.05) is 30.0 Å². The molecule has 2 aromatic carbocycles. The van der Waals surface area contributed by atoms with E-state index < -0.39 is 6.10 Å². The molecule has 0 unspecified atom stereocenters. The van der Waals surface area contributed by atoms with E-state index in [0.717, 1.165) is 38.3 Å². The van der Waals surface area contributed by atoms with Gasteiger partial charge in [-0.05, 0) is 42.7 Å². The molecule has 1 saturated heterocycles. The van der Waals surface area contributed by atoms with Crippen LogP contribution in [0.3, 0.4) is 0 Å². The van der Waals surface area contributed by atoms with Crippen LogP contribution in [0.1, 0.15) is 25.8 Å². The molecule has 138 valence electrons. The molecule has 1 aliphatic heterocycles.